The fourth-order valence-corrected chi connectivity index (χ4v) is 1.65. The van der Waals surface area contributed by atoms with E-state index in [0.29, 0.717) is 6.04 Å². The fourth-order valence-electron chi connectivity index (χ4n) is 1.65. The minimum absolute atomic E-state index is 0.282. The largest absolute Gasteiger partial charge is 0.491 e. The van der Waals surface area contributed by atoms with Gasteiger partial charge < -0.3 is 10.1 Å². The van der Waals surface area contributed by atoms with Crippen molar-refractivity contribution in [2.45, 2.75) is 52.7 Å². The predicted octanol–water partition coefficient (Wildman–Crippen LogP) is 3.92. The van der Waals surface area contributed by atoms with Crippen LogP contribution in [0.5, 0.6) is 5.75 Å². The number of rotatable bonds is 7. The van der Waals surface area contributed by atoms with Crippen molar-refractivity contribution in [3.8, 4) is 5.75 Å². The minimum Gasteiger partial charge on any atom is -0.491 e. The summed E-state index contributed by atoms with van der Waals surface area (Å²) in [5, 5.41) is 3.49. The summed E-state index contributed by atoms with van der Waals surface area (Å²) >= 11 is 0. The van der Waals surface area contributed by atoms with E-state index in [9.17, 15) is 0 Å². The van der Waals surface area contributed by atoms with Gasteiger partial charge in [0.25, 0.3) is 0 Å². The topological polar surface area (TPSA) is 21.3 Å². The molecular weight excluding hydrogens is 210 g/mol. The van der Waals surface area contributed by atoms with E-state index in [1.54, 1.807) is 0 Å². The molecule has 0 amide bonds. The Hall–Kier alpha value is -1.02. The molecule has 1 aromatic rings. The first-order chi connectivity index (χ1) is 8.17. The third kappa shape index (κ3) is 4.78. The first-order valence-corrected chi connectivity index (χ1v) is 6.67. The van der Waals surface area contributed by atoms with Crippen molar-refractivity contribution in [2.75, 3.05) is 6.54 Å². The number of hydrogen-bond donors (Lipinski definition) is 1. The Labute approximate surface area is 105 Å². The lowest BCUT2D eigenvalue weighted by molar-refractivity contribution is 0.217. The Kier molecular flexibility index (Phi) is 6.06. The van der Waals surface area contributed by atoms with Gasteiger partial charge in [0, 0.05) is 6.04 Å². The van der Waals surface area contributed by atoms with E-state index < -0.39 is 0 Å². The molecule has 0 aliphatic heterocycles. The molecular formula is C15H25NO. The van der Waals surface area contributed by atoms with Gasteiger partial charge in [0.05, 0.1) is 6.10 Å². The number of benzene rings is 1. The molecule has 17 heavy (non-hydrogen) atoms. The minimum atomic E-state index is 0.282. The van der Waals surface area contributed by atoms with E-state index >= 15 is 0 Å². The highest BCUT2D eigenvalue weighted by atomic mass is 16.5. The van der Waals surface area contributed by atoms with Crippen molar-refractivity contribution in [1.29, 1.82) is 0 Å². The zero-order chi connectivity index (χ0) is 12.7. The summed E-state index contributed by atoms with van der Waals surface area (Å²) in [5.74, 6) is 0.974. The average molecular weight is 235 g/mol. The van der Waals surface area contributed by atoms with Gasteiger partial charge in [-0.05, 0) is 50.9 Å². The SMILES string of the molecule is CCCN[C@H](C)c1cccc(O[C@@H](C)CC)c1. The molecule has 0 heterocycles. The Morgan fingerprint density at radius 1 is 1.24 bits per heavy atom. The van der Waals surface area contributed by atoms with Crippen molar-refractivity contribution in [3.05, 3.63) is 29.8 Å². The molecule has 0 aromatic heterocycles. The Balaban J connectivity index is 2.64. The lowest BCUT2D eigenvalue weighted by atomic mass is 10.1. The molecule has 1 rings (SSSR count). The van der Waals surface area contributed by atoms with Gasteiger partial charge in [0.2, 0.25) is 0 Å². The van der Waals surface area contributed by atoms with E-state index in [1.165, 1.54) is 5.56 Å². The van der Waals surface area contributed by atoms with Crippen LogP contribution >= 0.6 is 0 Å². The van der Waals surface area contributed by atoms with Gasteiger partial charge in [-0.2, -0.15) is 0 Å². The van der Waals surface area contributed by atoms with Gasteiger partial charge in [-0.3, -0.25) is 0 Å². The average Bonchev–Trinajstić information content (AvgIpc) is 2.36. The van der Waals surface area contributed by atoms with Crippen molar-refractivity contribution in [3.63, 3.8) is 0 Å². The van der Waals surface area contributed by atoms with Crippen molar-refractivity contribution in [1.82, 2.24) is 5.32 Å². The maximum absolute atomic E-state index is 5.83. The number of hydrogen-bond acceptors (Lipinski definition) is 2. The van der Waals surface area contributed by atoms with Gasteiger partial charge in [0.15, 0.2) is 0 Å². The smallest absolute Gasteiger partial charge is 0.120 e. The molecule has 0 spiro atoms. The van der Waals surface area contributed by atoms with E-state index in [2.05, 4.69) is 51.2 Å². The molecule has 0 saturated heterocycles. The molecule has 2 nitrogen and oxygen atoms in total. The third-order valence-corrected chi connectivity index (χ3v) is 2.97. The Morgan fingerprint density at radius 3 is 2.65 bits per heavy atom. The highest BCUT2D eigenvalue weighted by molar-refractivity contribution is 5.30. The molecule has 2 atom stereocenters. The van der Waals surface area contributed by atoms with Gasteiger partial charge >= 0.3 is 0 Å². The van der Waals surface area contributed by atoms with Gasteiger partial charge in [-0.15, -0.1) is 0 Å². The van der Waals surface area contributed by atoms with Crippen LogP contribution in [-0.4, -0.2) is 12.6 Å². The summed E-state index contributed by atoms with van der Waals surface area (Å²) < 4.78 is 5.83. The van der Waals surface area contributed by atoms with E-state index in [4.69, 9.17) is 4.74 Å². The summed E-state index contributed by atoms with van der Waals surface area (Å²) in [4.78, 5) is 0. The summed E-state index contributed by atoms with van der Waals surface area (Å²) in [6, 6.07) is 8.77. The van der Waals surface area contributed by atoms with Crippen LogP contribution in [0.1, 0.15) is 52.1 Å². The zero-order valence-corrected chi connectivity index (χ0v) is 11.5. The van der Waals surface area contributed by atoms with Crippen LogP contribution < -0.4 is 10.1 Å². The second kappa shape index (κ2) is 7.33. The quantitative estimate of drug-likeness (QED) is 0.773. The van der Waals surface area contributed by atoms with Crippen LogP contribution in [0.2, 0.25) is 0 Å². The molecule has 0 aliphatic rings. The van der Waals surface area contributed by atoms with Gasteiger partial charge in [0.1, 0.15) is 5.75 Å². The molecule has 0 aliphatic carbocycles. The molecule has 0 unspecified atom stereocenters. The van der Waals surface area contributed by atoms with Crippen LogP contribution in [0.25, 0.3) is 0 Å². The van der Waals surface area contributed by atoms with Crippen LogP contribution in [0.4, 0.5) is 0 Å². The van der Waals surface area contributed by atoms with Crippen molar-refractivity contribution >= 4 is 0 Å². The van der Waals surface area contributed by atoms with Crippen LogP contribution in [0, 0.1) is 0 Å². The summed E-state index contributed by atoms with van der Waals surface area (Å²) in [6.45, 7) is 9.67. The first-order valence-electron chi connectivity index (χ1n) is 6.67. The molecule has 0 fully saturated rings. The summed E-state index contributed by atoms with van der Waals surface area (Å²) in [7, 11) is 0. The predicted molar refractivity (Wildman–Crippen MR) is 73.5 cm³/mol. The van der Waals surface area contributed by atoms with Gasteiger partial charge in [-0.1, -0.05) is 26.0 Å². The third-order valence-electron chi connectivity index (χ3n) is 2.97. The highest BCUT2D eigenvalue weighted by Gasteiger charge is 2.06. The number of ether oxygens (including phenoxy) is 1. The summed E-state index contributed by atoms with van der Waals surface area (Å²) in [6.07, 6.45) is 2.48. The molecule has 1 aromatic carbocycles. The molecule has 1 N–H and O–H groups in total. The monoisotopic (exact) mass is 235 g/mol. The van der Waals surface area contributed by atoms with E-state index in [1.807, 2.05) is 6.07 Å². The van der Waals surface area contributed by atoms with Crippen LogP contribution in [0.15, 0.2) is 24.3 Å². The fraction of sp³-hybridized carbons (Fsp3) is 0.600. The lowest BCUT2D eigenvalue weighted by Gasteiger charge is -2.17. The summed E-state index contributed by atoms with van der Waals surface area (Å²) in [5.41, 5.74) is 1.29. The second-order valence-electron chi connectivity index (χ2n) is 4.59. The van der Waals surface area contributed by atoms with E-state index in [-0.39, 0.29) is 6.10 Å². The second-order valence-corrected chi connectivity index (χ2v) is 4.59. The first kappa shape index (κ1) is 14.0. The molecule has 2 heteroatoms. The number of nitrogens with one attached hydrogen (secondary N) is 1. The molecule has 0 saturated carbocycles. The van der Waals surface area contributed by atoms with Crippen molar-refractivity contribution in [2.24, 2.45) is 0 Å². The maximum atomic E-state index is 5.83. The highest BCUT2D eigenvalue weighted by Crippen LogP contribution is 2.20. The Morgan fingerprint density at radius 2 is 2.00 bits per heavy atom. The van der Waals surface area contributed by atoms with Crippen LogP contribution in [0.3, 0.4) is 0 Å². The van der Waals surface area contributed by atoms with E-state index in [0.717, 1.165) is 25.1 Å². The maximum Gasteiger partial charge on any atom is 0.120 e. The normalized spacial score (nSPS) is 14.4. The van der Waals surface area contributed by atoms with Crippen LogP contribution in [-0.2, 0) is 0 Å². The standard InChI is InChI=1S/C15H25NO/c1-5-10-16-13(4)14-8-7-9-15(11-14)17-12(3)6-2/h7-9,11-13,16H,5-6,10H2,1-4H3/t12-,13+/m0/s1. The zero-order valence-electron chi connectivity index (χ0n) is 11.5. The molecule has 0 radical (unpaired) electrons. The lowest BCUT2D eigenvalue weighted by Crippen LogP contribution is -2.19. The van der Waals surface area contributed by atoms with Gasteiger partial charge in [-0.25, -0.2) is 0 Å². The Bertz CT molecular complexity index is 324. The molecule has 0 bridgehead atoms. The van der Waals surface area contributed by atoms with Crippen molar-refractivity contribution < 1.29 is 4.74 Å². The molecule has 96 valence electrons.